The highest BCUT2D eigenvalue weighted by Gasteiger charge is 2.35. The normalized spacial score (nSPS) is 20.2. The van der Waals surface area contributed by atoms with Gasteiger partial charge in [-0.2, -0.15) is 0 Å². The number of ether oxygens (including phenoxy) is 2. The fourth-order valence-corrected chi connectivity index (χ4v) is 3.73. The maximum absolute atomic E-state index is 6.49. The van der Waals surface area contributed by atoms with Crippen molar-refractivity contribution in [2.45, 2.75) is 18.5 Å². The molecule has 1 saturated heterocycles. The number of anilines is 1. The van der Waals surface area contributed by atoms with Crippen LogP contribution >= 0.6 is 0 Å². The molecule has 0 bridgehead atoms. The van der Waals surface area contributed by atoms with E-state index in [-0.39, 0.29) is 12.1 Å². The van der Waals surface area contributed by atoms with Crippen molar-refractivity contribution in [3.8, 4) is 11.5 Å². The lowest BCUT2D eigenvalue weighted by molar-refractivity contribution is 0.348. The summed E-state index contributed by atoms with van der Waals surface area (Å²) in [6, 6.07) is 10.2. The predicted molar refractivity (Wildman–Crippen MR) is 97.4 cm³/mol. The number of nitrogens with two attached hydrogens (primary N) is 1. The Labute approximate surface area is 146 Å². The average Bonchev–Trinajstić information content (AvgIpc) is 3.26. The van der Waals surface area contributed by atoms with Gasteiger partial charge >= 0.3 is 0 Å². The van der Waals surface area contributed by atoms with Crippen LogP contribution in [0.5, 0.6) is 11.5 Å². The fraction of sp³-hybridized carbons (Fsp3) is 0.316. The highest BCUT2D eigenvalue weighted by molar-refractivity contribution is 5.60. The number of nitrogens with zero attached hydrogens (tertiary/aromatic N) is 3. The summed E-state index contributed by atoms with van der Waals surface area (Å²) < 4.78 is 13.1. The van der Waals surface area contributed by atoms with E-state index >= 15 is 0 Å². The van der Waals surface area contributed by atoms with Crippen molar-refractivity contribution in [2.24, 2.45) is 5.73 Å². The van der Waals surface area contributed by atoms with E-state index < -0.39 is 0 Å². The van der Waals surface area contributed by atoms with Crippen LogP contribution < -0.4 is 20.1 Å². The zero-order valence-corrected chi connectivity index (χ0v) is 14.4. The standard InChI is InChI=1S/C19H22N4O2/c1-24-16-5-3-4-14(19(16)25-2)18-15(20)7-10-23(18)13-6-9-22-11-8-21-17(22)12-13/h3-6,8-9,11-12,15,18H,7,10,20H2,1-2H3. The molecular weight excluding hydrogens is 316 g/mol. The number of para-hydroxylation sites is 1. The Hall–Kier alpha value is -2.73. The van der Waals surface area contributed by atoms with Crippen LogP contribution in [0.3, 0.4) is 0 Å². The lowest BCUT2D eigenvalue weighted by Gasteiger charge is -2.30. The number of methoxy groups -OCH3 is 2. The van der Waals surface area contributed by atoms with E-state index in [2.05, 4.69) is 28.1 Å². The topological polar surface area (TPSA) is 65.0 Å². The van der Waals surface area contributed by atoms with Crippen LogP contribution in [0.25, 0.3) is 5.65 Å². The molecule has 0 aliphatic carbocycles. The van der Waals surface area contributed by atoms with Crippen molar-refractivity contribution in [3.63, 3.8) is 0 Å². The molecule has 0 spiro atoms. The van der Waals surface area contributed by atoms with Gasteiger partial charge in [0, 0.05) is 48.5 Å². The van der Waals surface area contributed by atoms with Gasteiger partial charge in [0.15, 0.2) is 11.5 Å². The van der Waals surface area contributed by atoms with Gasteiger partial charge in [-0.15, -0.1) is 0 Å². The molecule has 2 aromatic heterocycles. The quantitative estimate of drug-likeness (QED) is 0.792. The number of fused-ring (bicyclic) bond motifs is 1. The average molecular weight is 338 g/mol. The second-order valence-corrected chi connectivity index (χ2v) is 6.25. The van der Waals surface area contributed by atoms with Crippen molar-refractivity contribution in [2.75, 3.05) is 25.7 Å². The second-order valence-electron chi connectivity index (χ2n) is 6.25. The first-order valence-electron chi connectivity index (χ1n) is 8.38. The van der Waals surface area contributed by atoms with Gasteiger partial charge in [-0.25, -0.2) is 4.98 Å². The Morgan fingerprint density at radius 3 is 2.84 bits per heavy atom. The summed E-state index contributed by atoms with van der Waals surface area (Å²) in [4.78, 5) is 6.72. The van der Waals surface area contributed by atoms with Crippen LogP contribution in [0.2, 0.25) is 0 Å². The summed E-state index contributed by atoms with van der Waals surface area (Å²) >= 11 is 0. The van der Waals surface area contributed by atoms with Gasteiger partial charge in [-0.3, -0.25) is 0 Å². The first kappa shape index (κ1) is 15.8. The summed E-state index contributed by atoms with van der Waals surface area (Å²) in [6.07, 6.45) is 6.70. The van der Waals surface area contributed by atoms with Gasteiger partial charge in [-0.1, -0.05) is 12.1 Å². The van der Waals surface area contributed by atoms with Crippen LogP contribution in [0, 0.1) is 0 Å². The van der Waals surface area contributed by atoms with E-state index in [4.69, 9.17) is 15.2 Å². The Bertz CT molecular complexity index is 892. The lowest BCUT2D eigenvalue weighted by atomic mass is 9.99. The van der Waals surface area contributed by atoms with Crippen molar-refractivity contribution >= 4 is 11.3 Å². The van der Waals surface area contributed by atoms with Crippen molar-refractivity contribution < 1.29 is 9.47 Å². The molecule has 0 amide bonds. The molecule has 130 valence electrons. The van der Waals surface area contributed by atoms with Gasteiger partial charge < -0.3 is 24.5 Å². The van der Waals surface area contributed by atoms with Crippen LogP contribution in [-0.4, -0.2) is 36.2 Å². The van der Waals surface area contributed by atoms with Crippen molar-refractivity contribution in [1.82, 2.24) is 9.38 Å². The molecule has 0 radical (unpaired) electrons. The molecule has 6 heteroatoms. The minimum atomic E-state index is 0.0250. The number of hydrogen-bond acceptors (Lipinski definition) is 5. The van der Waals surface area contributed by atoms with E-state index in [1.54, 1.807) is 20.4 Å². The van der Waals surface area contributed by atoms with Gasteiger partial charge in [0.1, 0.15) is 5.65 Å². The molecule has 2 unspecified atom stereocenters. The molecule has 0 saturated carbocycles. The highest BCUT2D eigenvalue weighted by atomic mass is 16.5. The van der Waals surface area contributed by atoms with Gasteiger partial charge in [0.05, 0.1) is 20.3 Å². The van der Waals surface area contributed by atoms with Crippen LogP contribution in [0.4, 0.5) is 5.69 Å². The third kappa shape index (κ3) is 2.59. The molecule has 25 heavy (non-hydrogen) atoms. The number of imidazole rings is 1. The smallest absolute Gasteiger partial charge is 0.166 e. The fourth-order valence-electron chi connectivity index (χ4n) is 3.73. The predicted octanol–water partition coefficient (Wildman–Crippen LogP) is 2.63. The monoisotopic (exact) mass is 338 g/mol. The van der Waals surface area contributed by atoms with Crippen LogP contribution in [0.15, 0.2) is 48.9 Å². The molecule has 3 heterocycles. The van der Waals surface area contributed by atoms with E-state index in [0.717, 1.165) is 41.4 Å². The van der Waals surface area contributed by atoms with Gasteiger partial charge in [-0.05, 0) is 18.6 Å². The molecule has 3 aromatic rings. The molecule has 4 rings (SSSR count). The molecular formula is C19H22N4O2. The minimum Gasteiger partial charge on any atom is -0.493 e. The minimum absolute atomic E-state index is 0.0250. The molecule has 2 N–H and O–H groups in total. The Morgan fingerprint density at radius 2 is 2.04 bits per heavy atom. The molecule has 1 aromatic carbocycles. The second kappa shape index (κ2) is 6.29. The number of aromatic nitrogens is 2. The highest BCUT2D eigenvalue weighted by Crippen LogP contribution is 2.42. The number of hydrogen-bond donors (Lipinski definition) is 1. The Kier molecular flexibility index (Phi) is 3.97. The summed E-state index contributed by atoms with van der Waals surface area (Å²) in [6.45, 7) is 0.892. The summed E-state index contributed by atoms with van der Waals surface area (Å²) in [5.74, 6) is 1.47. The van der Waals surface area contributed by atoms with Gasteiger partial charge in [0.25, 0.3) is 0 Å². The first-order valence-corrected chi connectivity index (χ1v) is 8.38. The third-order valence-corrected chi connectivity index (χ3v) is 4.91. The van der Waals surface area contributed by atoms with Gasteiger partial charge in [0.2, 0.25) is 0 Å². The Balaban J connectivity index is 1.79. The lowest BCUT2D eigenvalue weighted by Crippen LogP contribution is -2.32. The first-order chi connectivity index (χ1) is 12.2. The van der Waals surface area contributed by atoms with E-state index in [1.807, 2.05) is 28.9 Å². The number of pyridine rings is 1. The molecule has 1 fully saturated rings. The van der Waals surface area contributed by atoms with Crippen LogP contribution in [0.1, 0.15) is 18.0 Å². The summed E-state index contributed by atoms with van der Waals surface area (Å²) in [5.41, 5.74) is 9.58. The van der Waals surface area contributed by atoms with E-state index in [0.29, 0.717) is 0 Å². The zero-order chi connectivity index (χ0) is 17.4. The van der Waals surface area contributed by atoms with E-state index in [1.165, 1.54) is 0 Å². The Morgan fingerprint density at radius 1 is 1.16 bits per heavy atom. The SMILES string of the molecule is COc1cccc(C2C(N)CCN2c2ccn3ccnc3c2)c1OC. The summed E-state index contributed by atoms with van der Waals surface area (Å²) in [7, 11) is 3.32. The van der Waals surface area contributed by atoms with E-state index in [9.17, 15) is 0 Å². The van der Waals surface area contributed by atoms with Crippen LogP contribution in [-0.2, 0) is 0 Å². The maximum Gasteiger partial charge on any atom is 0.166 e. The molecule has 6 nitrogen and oxygen atoms in total. The summed E-state index contributed by atoms with van der Waals surface area (Å²) in [5, 5.41) is 0. The van der Waals surface area contributed by atoms with Crippen molar-refractivity contribution in [3.05, 3.63) is 54.5 Å². The van der Waals surface area contributed by atoms with Crippen molar-refractivity contribution in [1.29, 1.82) is 0 Å². The largest absolute Gasteiger partial charge is 0.493 e. The maximum atomic E-state index is 6.49. The molecule has 1 aliphatic heterocycles. The zero-order valence-electron chi connectivity index (χ0n) is 14.4. The third-order valence-electron chi connectivity index (χ3n) is 4.91. The molecule has 1 aliphatic rings. The number of benzene rings is 1. The number of rotatable bonds is 4. The molecule has 2 atom stereocenters.